The number of methoxy groups -OCH3 is 1. The summed E-state index contributed by atoms with van der Waals surface area (Å²) in [4.78, 5) is 22.2. The topological polar surface area (TPSA) is 72.8 Å². The van der Waals surface area contributed by atoms with E-state index in [9.17, 15) is 9.59 Å². The molecule has 7 heteroatoms. The van der Waals surface area contributed by atoms with E-state index in [1.165, 1.54) is 14.0 Å². The lowest BCUT2D eigenvalue weighted by Crippen LogP contribution is -2.23. The first-order valence-corrected chi connectivity index (χ1v) is 5.89. The number of hydrogen-bond acceptors (Lipinski definition) is 5. The second kappa shape index (κ2) is 5.31. The molecule has 0 aliphatic heterocycles. The van der Waals surface area contributed by atoms with Crippen LogP contribution in [0.5, 0.6) is 5.75 Å². The molecule has 0 aliphatic carbocycles. The van der Waals surface area contributed by atoms with Crippen molar-refractivity contribution in [3.63, 3.8) is 0 Å². The van der Waals surface area contributed by atoms with Gasteiger partial charge in [-0.05, 0) is 22.9 Å². The maximum Gasteiger partial charge on any atom is 0.351 e. The van der Waals surface area contributed by atoms with E-state index in [2.05, 4.69) is 20.7 Å². The van der Waals surface area contributed by atoms with Gasteiger partial charge in [-0.1, -0.05) is 0 Å². The molecule has 0 aromatic carbocycles. The van der Waals surface area contributed by atoms with Crippen LogP contribution in [0.3, 0.4) is 0 Å². The van der Waals surface area contributed by atoms with Gasteiger partial charge in [-0.25, -0.2) is 9.59 Å². The number of carboxylic acids is 1. The molecule has 5 nitrogen and oxygen atoms in total. The zero-order chi connectivity index (χ0) is 12.3. The first-order chi connectivity index (χ1) is 7.47. The first-order valence-electron chi connectivity index (χ1n) is 4.22. The number of hydrogen-bond donors (Lipinski definition) is 1. The molecule has 1 rings (SSSR count). The molecule has 0 amide bonds. The van der Waals surface area contributed by atoms with Crippen molar-refractivity contribution in [2.75, 3.05) is 7.11 Å². The molecule has 1 unspecified atom stereocenters. The second-order valence-corrected chi connectivity index (χ2v) is 4.57. The Morgan fingerprint density at radius 3 is 2.69 bits per heavy atom. The summed E-state index contributed by atoms with van der Waals surface area (Å²) in [5.74, 6) is -1.45. The van der Waals surface area contributed by atoms with Gasteiger partial charge < -0.3 is 14.6 Å². The third-order valence-corrected chi connectivity index (χ3v) is 3.55. The van der Waals surface area contributed by atoms with Crippen LogP contribution >= 0.6 is 27.3 Å². The molecule has 88 valence electrons. The Hall–Kier alpha value is -1.08. The van der Waals surface area contributed by atoms with E-state index in [0.717, 1.165) is 11.3 Å². The molecule has 0 radical (unpaired) electrons. The van der Waals surface area contributed by atoms with Gasteiger partial charge in [-0.15, -0.1) is 11.3 Å². The molecule has 0 fully saturated rings. The van der Waals surface area contributed by atoms with E-state index in [-0.39, 0.29) is 10.6 Å². The Bertz CT molecular complexity index is 414. The molecule has 1 aromatic heterocycles. The highest BCUT2D eigenvalue weighted by Crippen LogP contribution is 2.36. The van der Waals surface area contributed by atoms with E-state index in [4.69, 9.17) is 9.84 Å². The summed E-state index contributed by atoms with van der Waals surface area (Å²) in [6, 6.07) is 0. The van der Waals surface area contributed by atoms with Crippen LogP contribution < -0.4 is 4.74 Å². The number of halogens is 1. The fraction of sp³-hybridized carbons (Fsp3) is 0.333. The van der Waals surface area contributed by atoms with Crippen LogP contribution in [-0.4, -0.2) is 30.3 Å². The van der Waals surface area contributed by atoms with Gasteiger partial charge in [0, 0.05) is 5.38 Å². The molecule has 16 heavy (non-hydrogen) atoms. The van der Waals surface area contributed by atoms with Crippen molar-refractivity contribution in [2.45, 2.75) is 13.0 Å². The van der Waals surface area contributed by atoms with E-state index >= 15 is 0 Å². The molecule has 0 spiro atoms. The van der Waals surface area contributed by atoms with Gasteiger partial charge in [0.25, 0.3) is 0 Å². The summed E-state index contributed by atoms with van der Waals surface area (Å²) < 4.78 is 10.3. The zero-order valence-electron chi connectivity index (χ0n) is 8.52. The van der Waals surface area contributed by atoms with Gasteiger partial charge in [0.05, 0.1) is 11.6 Å². The predicted octanol–water partition coefficient (Wildman–Crippen LogP) is 2.15. The number of carbonyl (C=O) groups is 2. The fourth-order valence-corrected chi connectivity index (χ4v) is 2.37. The summed E-state index contributed by atoms with van der Waals surface area (Å²) in [6.07, 6.45) is -1.03. The Kier molecular flexibility index (Phi) is 4.31. The Morgan fingerprint density at radius 2 is 2.19 bits per heavy atom. The minimum absolute atomic E-state index is 0.201. The number of aliphatic carboxylic acids is 1. The SMILES string of the molecule is COC(=O)c1scc(Br)c1OC(C)C(=O)O. The molecule has 0 saturated heterocycles. The molecule has 1 heterocycles. The number of ether oxygens (including phenoxy) is 2. The second-order valence-electron chi connectivity index (χ2n) is 2.83. The van der Waals surface area contributed by atoms with Crippen molar-refractivity contribution in [3.05, 3.63) is 14.7 Å². The monoisotopic (exact) mass is 308 g/mol. The normalized spacial score (nSPS) is 11.9. The van der Waals surface area contributed by atoms with Crippen LogP contribution in [-0.2, 0) is 9.53 Å². The highest BCUT2D eigenvalue weighted by Gasteiger charge is 2.23. The molecule has 0 saturated carbocycles. The summed E-state index contributed by atoms with van der Waals surface area (Å²) in [5.41, 5.74) is 0. The third kappa shape index (κ3) is 2.73. The third-order valence-electron chi connectivity index (χ3n) is 1.72. The van der Waals surface area contributed by atoms with Crippen molar-refractivity contribution >= 4 is 39.2 Å². The van der Waals surface area contributed by atoms with Gasteiger partial charge in [-0.2, -0.15) is 0 Å². The molecular formula is C9H9BrO5S. The van der Waals surface area contributed by atoms with E-state index in [1.807, 2.05) is 0 Å². The Balaban J connectivity index is 2.98. The van der Waals surface area contributed by atoms with Crippen molar-refractivity contribution in [1.29, 1.82) is 0 Å². The van der Waals surface area contributed by atoms with Gasteiger partial charge >= 0.3 is 11.9 Å². The molecule has 0 aliphatic rings. The van der Waals surface area contributed by atoms with Crippen LogP contribution in [0.25, 0.3) is 0 Å². The van der Waals surface area contributed by atoms with Crippen LogP contribution in [0, 0.1) is 0 Å². The fourth-order valence-electron chi connectivity index (χ4n) is 0.897. The summed E-state index contributed by atoms with van der Waals surface area (Å²) in [5, 5.41) is 10.3. The predicted molar refractivity (Wildman–Crippen MR) is 61.1 cm³/mol. The average molecular weight is 309 g/mol. The largest absolute Gasteiger partial charge is 0.479 e. The summed E-state index contributed by atoms with van der Waals surface area (Å²) >= 11 is 4.30. The van der Waals surface area contributed by atoms with E-state index in [0.29, 0.717) is 4.47 Å². The zero-order valence-corrected chi connectivity index (χ0v) is 10.9. The Morgan fingerprint density at radius 1 is 1.56 bits per heavy atom. The number of esters is 1. The maximum atomic E-state index is 11.3. The van der Waals surface area contributed by atoms with E-state index < -0.39 is 18.0 Å². The van der Waals surface area contributed by atoms with Crippen LogP contribution in [0.2, 0.25) is 0 Å². The lowest BCUT2D eigenvalue weighted by molar-refractivity contribution is -0.144. The number of carbonyl (C=O) groups excluding carboxylic acids is 1. The molecule has 1 N–H and O–H groups in total. The highest BCUT2D eigenvalue weighted by atomic mass is 79.9. The van der Waals surface area contributed by atoms with Gasteiger partial charge in [0.1, 0.15) is 0 Å². The minimum atomic E-state index is -1.10. The van der Waals surface area contributed by atoms with Crippen molar-refractivity contribution < 1.29 is 24.2 Å². The lowest BCUT2D eigenvalue weighted by Gasteiger charge is -2.10. The van der Waals surface area contributed by atoms with Crippen molar-refractivity contribution in [3.8, 4) is 5.75 Å². The molecule has 1 atom stereocenters. The molecule has 1 aromatic rings. The Labute approximate surface area is 104 Å². The average Bonchev–Trinajstić information content (AvgIpc) is 2.59. The van der Waals surface area contributed by atoms with Crippen molar-refractivity contribution in [2.24, 2.45) is 0 Å². The van der Waals surface area contributed by atoms with Crippen molar-refractivity contribution in [1.82, 2.24) is 0 Å². The maximum absolute atomic E-state index is 11.3. The molecular weight excluding hydrogens is 300 g/mol. The quantitative estimate of drug-likeness (QED) is 0.863. The van der Waals surface area contributed by atoms with Gasteiger partial charge in [0.15, 0.2) is 16.7 Å². The minimum Gasteiger partial charge on any atom is -0.479 e. The molecule has 0 bridgehead atoms. The number of carboxylic acid groups (broad SMARTS) is 1. The smallest absolute Gasteiger partial charge is 0.351 e. The lowest BCUT2D eigenvalue weighted by atomic mass is 10.4. The number of thiophene rings is 1. The van der Waals surface area contributed by atoms with Gasteiger partial charge in [0.2, 0.25) is 0 Å². The van der Waals surface area contributed by atoms with Crippen LogP contribution in [0.15, 0.2) is 9.85 Å². The highest BCUT2D eigenvalue weighted by molar-refractivity contribution is 9.10. The number of rotatable bonds is 4. The van der Waals surface area contributed by atoms with Crippen LogP contribution in [0.4, 0.5) is 0 Å². The van der Waals surface area contributed by atoms with Crippen LogP contribution in [0.1, 0.15) is 16.6 Å². The van der Waals surface area contributed by atoms with E-state index in [1.54, 1.807) is 5.38 Å². The standard InChI is InChI=1S/C9H9BrO5S/c1-4(8(11)12)15-6-5(10)3-16-7(6)9(13)14-2/h3-4H,1-2H3,(H,11,12). The van der Waals surface area contributed by atoms with Gasteiger partial charge in [-0.3, -0.25) is 0 Å². The summed E-state index contributed by atoms with van der Waals surface area (Å²) in [7, 11) is 1.25. The first kappa shape index (κ1) is 13.0. The summed E-state index contributed by atoms with van der Waals surface area (Å²) in [6.45, 7) is 1.38.